The monoisotopic (exact) mass is 468 g/mol. The molecule has 2 amide bonds. The average molecular weight is 469 g/mol. The highest BCUT2D eigenvalue weighted by atomic mass is 16.5. The molecule has 1 unspecified atom stereocenters. The van der Waals surface area contributed by atoms with Crippen LogP contribution in [0.15, 0.2) is 48.5 Å². The molecule has 2 aromatic carbocycles. The first-order valence-electron chi connectivity index (χ1n) is 11.1. The average Bonchev–Trinajstić information content (AvgIpc) is 3.16. The van der Waals surface area contributed by atoms with Crippen molar-refractivity contribution in [2.45, 2.75) is 44.2 Å². The normalized spacial score (nSPS) is 13.7. The summed E-state index contributed by atoms with van der Waals surface area (Å²) in [5, 5.41) is 14.2. The van der Waals surface area contributed by atoms with Crippen molar-refractivity contribution in [3.8, 4) is 11.1 Å². The molecule has 2 atom stereocenters. The number of carboxylic acid groups (broad SMARTS) is 1. The number of carbonyl (C=O) groups excluding carboxylic acids is 3. The van der Waals surface area contributed by atoms with E-state index >= 15 is 0 Å². The van der Waals surface area contributed by atoms with E-state index in [1.54, 1.807) is 6.92 Å². The number of aliphatic carboxylic acids is 1. The van der Waals surface area contributed by atoms with Crippen LogP contribution in [0.25, 0.3) is 11.1 Å². The zero-order valence-electron chi connectivity index (χ0n) is 19.1. The fraction of sp³-hybridized carbons (Fsp3) is 0.360. The number of amides is 2. The van der Waals surface area contributed by atoms with Gasteiger partial charge in [-0.3, -0.25) is 9.59 Å². The number of alkyl carbamates (subject to hydrolysis) is 1. The minimum absolute atomic E-state index is 0.0921. The molecule has 9 heteroatoms. The Morgan fingerprint density at radius 3 is 2.06 bits per heavy atom. The van der Waals surface area contributed by atoms with E-state index in [1.807, 2.05) is 48.5 Å². The summed E-state index contributed by atoms with van der Waals surface area (Å²) in [4.78, 5) is 47.8. The Morgan fingerprint density at radius 2 is 1.53 bits per heavy atom. The molecular weight excluding hydrogens is 440 g/mol. The highest BCUT2D eigenvalue weighted by Crippen LogP contribution is 2.44. The smallest absolute Gasteiger partial charge is 0.407 e. The van der Waals surface area contributed by atoms with Crippen LogP contribution in [0.5, 0.6) is 0 Å². The van der Waals surface area contributed by atoms with Gasteiger partial charge in [0.1, 0.15) is 18.7 Å². The van der Waals surface area contributed by atoms with Crippen LogP contribution in [0.1, 0.15) is 43.2 Å². The Morgan fingerprint density at radius 1 is 0.941 bits per heavy atom. The van der Waals surface area contributed by atoms with Crippen molar-refractivity contribution in [1.29, 1.82) is 0 Å². The van der Waals surface area contributed by atoms with Crippen LogP contribution < -0.4 is 10.6 Å². The van der Waals surface area contributed by atoms with Crippen molar-refractivity contribution in [3.63, 3.8) is 0 Å². The fourth-order valence-electron chi connectivity index (χ4n) is 4.03. The van der Waals surface area contributed by atoms with E-state index in [2.05, 4.69) is 15.4 Å². The standard InChI is InChI=1S/C25H28N2O7/c1-3-20(23(29)26-21(24(30)31)12-13-22(28)33-2)27-25(32)34-14-19-17-10-6-4-8-15(17)16-9-5-7-11-18(16)19/h4-11,19-21H,3,12-14H2,1-2H3,(H,26,29)(H,27,32)(H,30,31)/t20?,21-/m0/s1. The van der Waals surface area contributed by atoms with Gasteiger partial charge in [0.25, 0.3) is 0 Å². The molecule has 0 saturated carbocycles. The second-order valence-corrected chi connectivity index (χ2v) is 7.94. The third-order valence-electron chi connectivity index (χ3n) is 5.84. The summed E-state index contributed by atoms with van der Waals surface area (Å²) in [7, 11) is 1.20. The lowest BCUT2D eigenvalue weighted by Gasteiger charge is -2.21. The van der Waals surface area contributed by atoms with Gasteiger partial charge in [-0.25, -0.2) is 9.59 Å². The number of fused-ring (bicyclic) bond motifs is 3. The summed E-state index contributed by atoms with van der Waals surface area (Å²) < 4.78 is 9.96. The van der Waals surface area contributed by atoms with Gasteiger partial charge in [0.15, 0.2) is 0 Å². The van der Waals surface area contributed by atoms with E-state index in [0.717, 1.165) is 22.3 Å². The molecule has 0 spiro atoms. The van der Waals surface area contributed by atoms with Crippen LogP contribution in [0.4, 0.5) is 4.79 Å². The Hall–Kier alpha value is -3.88. The van der Waals surface area contributed by atoms with Gasteiger partial charge in [-0.1, -0.05) is 55.5 Å². The Labute approximate surface area is 197 Å². The van der Waals surface area contributed by atoms with Gasteiger partial charge >= 0.3 is 18.0 Å². The van der Waals surface area contributed by atoms with Gasteiger partial charge in [0.2, 0.25) is 5.91 Å². The van der Waals surface area contributed by atoms with E-state index < -0.39 is 36.0 Å². The van der Waals surface area contributed by atoms with E-state index in [9.17, 15) is 24.3 Å². The van der Waals surface area contributed by atoms with E-state index in [4.69, 9.17) is 4.74 Å². The van der Waals surface area contributed by atoms with Crippen LogP contribution >= 0.6 is 0 Å². The Bertz CT molecular complexity index is 1020. The first-order chi connectivity index (χ1) is 16.3. The van der Waals surface area contributed by atoms with Crippen molar-refractivity contribution < 1.29 is 33.8 Å². The molecule has 3 N–H and O–H groups in total. The number of ether oxygens (including phenoxy) is 2. The predicted molar refractivity (Wildman–Crippen MR) is 123 cm³/mol. The van der Waals surface area contributed by atoms with E-state index in [-0.39, 0.29) is 31.8 Å². The largest absolute Gasteiger partial charge is 0.480 e. The fourth-order valence-corrected chi connectivity index (χ4v) is 4.03. The highest BCUT2D eigenvalue weighted by Gasteiger charge is 2.30. The lowest BCUT2D eigenvalue weighted by atomic mass is 9.98. The summed E-state index contributed by atoms with van der Waals surface area (Å²) in [6, 6.07) is 13.6. The van der Waals surface area contributed by atoms with Crippen molar-refractivity contribution >= 4 is 23.9 Å². The number of nitrogens with one attached hydrogen (secondary N) is 2. The number of carbonyl (C=O) groups is 4. The number of methoxy groups -OCH3 is 1. The molecule has 0 fully saturated rings. The van der Waals surface area contributed by atoms with Crippen LogP contribution in [-0.4, -0.2) is 54.8 Å². The molecule has 3 rings (SSSR count). The van der Waals surface area contributed by atoms with Crippen molar-refractivity contribution in [1.82, 2.24) is 10.6 Å². The second-order valence-electron chi connectivity index (χ2n) is 7.94. The summed E-state index contributed by atoms with van der Waals surface area (Å²) >= 11 is 0. The number of hydrogen-bond acceptors (Lipinski definition) is 6. The summed E-state index contributed by atoms with van der Waals surface area (Å²) in [6.07, 6.45) is -0.843. The zero-order chi connectivity index (χ0) is 24.7. The molecular formula is C25H28N2O7. The molecule has 0 saturated heterocycles. The molecule has 0 aromatic heterocycles. The molecule has 2 aromatic rings. The molecule has 0 bridgehead atoms. The van der Waals surface area contributed by atoms with E-state index in [0.29, 0.717) is 0 Å². The lowest BCUT2D eigenvalue weighted by molar-refractivity contribution is -0.144. The Balaban J connectivity index is 1.58. The van der Waals surface area contributed by atoms with Gasteiger partial charge in [0, 0.05) is 12.3 Å². The van der Waals surface area contributed by atoms with Crippen molar-refractivity contribution in [2.24, 2.45) is 0 Å². The number of carboxylic acids is 1. The molecule has 1 aliphatic carbocycles. The third kappa shape index (κ3) is 5.72. The Kier molecular flexibility index (Phi) is 8.24. The van der Waals surface area contributed by atoms with E-state index in [1.165, 1.54) is 7.11 Å². The predicted octanol–water partition coefficient (Wildman–Crippen LogP) is 2.83. The van der Waals surface area contributed by atoms with Crippen molar-refractivity contribution in [2.75, 3.05) is 13.7 Å². The van der Waals surface area contributed by atoms with Gasteiger partial charge < -0.3 is 25.2 Å². The molecule has 0 aliphatic heterocycles. The molecule has 180 valence electrons. The topological polar surface area (TPSA) is 131 Å². The quantitative estimate of drug-likeness (QED) is 0.457. The maximum Gasteiger partial charge on any atom is 0.407 e. The summed E-state index contributed by atoms with van der Waals surface area (Å²) in [5.74, 6) is -2.66. The first-order valence-corrected chi connectivity index (χ1v) is 11.1. The minimum Gasteiger partial charge on any atom is -0.480 e. The maximum absolute atomic E-state index is 12.6. The highest BCUT2D eigenvalue weighted by molar-refractivity contribution is 5.89. The molecule has 1 aliphatic rings. The van der Waals surface area contributed by atoms with Gasteiger partial charge in [0.05, 0.1) is 7.11 Å². The SMILES string of the molecule is CCC(NC(=O)OCC1c2ccccc2-c2ccccc21)C(=O)N[C@@H](CCC(=O)OC)C(=O)O. The van der Waals surface area contributed by atoms with Gasteiger partial charge in [-0.05, 0) is 35.1 Å². The number of hydrogen-bond donors (Lipinski definition) is 3. The van der Waals surface area contributed by atoms with Crippen LogP contribution in [0.2, 0.25) is 0 Å². The maximum atomic E-state index is 12.6. The number of esters is 1. The van der Waals surface area contributed by atoms with Crippen LogP contribution in [0, 0.1) is 0 Å². The molecule has 34 heavy (non-hydrogen) atoms. The third-order valence-corrected chi connectivity index (χ3v) is 5.84. The lowest BCUT2D eigenvalue weighted by Crippen LogP contribution is -2.51. The van der Waals surface area contributed by atoms with Gasteiger partial charge in [-0.15, -0.1) is 0 Å². The zero-order valence-corrected chi connectivity index (χ0v) is 19.1. The summed E-state index contributed by atoms with van der Waals surface area (Å²) in [5.41, 5.74) is 4.33. The van der Waals surface area contributed by atoms with Crippen LogP contribution in [0.3, 0.4) is 0 Å². The van der Waals surface area contributed by atoms with Gasteiger partial charge in [-0.2, -0.15) is 0 Å². The first kappa shape index (κ1) is 24.8. The van der Waals surface area contributed by atoms with Crippen LogP contribution in [-0.2, 0) is 23.9 Å². The molecule has 9 nitrogen and oxygen atoms in total. The number of rotatable bonds is 10. The minimum atomic E-state index is -1.29. The molecule has 0 heterocycles. The number of benzene rings is 2. The van der Waals surface area contributed by atoms with Crippen molar-refractivity contribution in [3.05, 3.63) is 59.7 Å². The molecule has 0 radical (unpaired) electrons. The summed E-state index contributed by atoms with van der Waals surface area (Å²) in [6.45, 7) is 1.77. The second kappa shape index (κ2) is 11.3.